The SMILES string of the molecule is CCOC(=O)C1=C(C)N=c2s/c(=C\c3sccc3C)c(=O)n2[C@@H]1c1ccc(OC)cc1OC. The Morgan fingerprint density at radius 3 is 2.64 bits per heavy atom. The number of hydrogen-bond donors (Lipinski definition) is 0. The molecule has 0 bridgehead atoms. The van der Waals surface area contributed by atoms with Crippen LogP contribution in [-0.4, -0.2) is 31.4 Å². The first-order chi connectivity index (χ1) is 15.9. The second-order valence-electron chi connectivity index (χ2n) is 7.38. The molecule has 3 aromatic rings. The third-order valence-electron chi connectivity index (χ3n) is 5.42. The normalized spacial score (nSPS) is 15.8. The van der Waals surface area contributed by atoms with Gasteiger partial charge in [-0.3, -0.25) is 9.36 Å². The molecule has 0 amide bonds. The van der Waals surface area contributed by atoms with Gasteiger partial charge in [-0.1, -0.05) is 11.3 Å². The highest BCUT2D eigenvalue weighted by molar-refractivity contribution is 7.11. The van der Waals surface area contributed by atoms with Crippen LogP contribution in [-0.2, 0) is 9.53 Å². The van der Waals surface area contributed by atoms with Crippen molar-refractivity contribution in [1.82, 2.24) is 4.57 Å². The number of esters is 1. The number of ether oxygens (including phenoxy) is 3. The summed E-state index contributed by atoms with van der Waals surface area (Å²) in [5.74, 6) is 0.596. The molecule has 1 aliphatic rings. The number of aryl methyl sites for hydroxylation is 1. The maximum atomic E-state index is 13.6. The molecule has 1 aromatic carbocycles. The molecule has 3 heterocycles. The Labute approximate surface area is 198 Å². The third-order valence-corrected chi connectivity index (χ3v) is 7.37. The smallest absolute Gasteiger partial charge is 0.338 e. The molecule has 1 aliphatic heterocycles. The first-order valence-electron chi connectivity index (χ1n) is 10.3. The molecule has 0 radical (unpaired) electrons. The first kappa shape index (κ1) is 23.0. The molecule has 33 heavy (non-hydrogen) atoms. The fourth-order valence-corrected chi connectivity index (χ4v) is 5.74. The van der Waals surface area contributed by atoms with Gasteiger partial charge in [-0.25, -0.2) is 9.79 Å². The lowest BCUT2D eigenvalue weighted by molar-refractivity contribution is -0.139. The molecule has 2 aromatic heterocycles. The van der Waals surface area contributed by atoms with Crippen molar-refractivity contribution in [1.29, 1.82) is 0 Å². The second kappa shape index (κ2) is 9.36. The van der Waals surface area contributed by atoms with Crippen molar-refractivity contribution >= 4 is 34.7 Å². The number of carbonyl (C=O) groups excluding carboxylic acids is 1. The van der Waals surface area contributed by atoms with Gasteiger partial charge in [0.2, 0.25) is 0 Å². The van der Waals surface area contributed by atoms with E-state index in [9.17, 15) is 9.59 Å². The van der Waals surface area contributed by atoms with Crippen LogP contribution in [0, 0.1) is 6.92 Å². The van der Waals surface area contributed by atoms with Gasteiger partial charge in [-0.05, 0) is 56.0 Å². The predicted molar refractivity (Wildman–Crippen MR) is 129 cm³/mol. The standard InChI is InChI=1S/C24H24N2O5S2/c1-6-31-23(28)20-14(3)25-24-26(21(20)16-8-7-15(29-4)11-17(16)30-5)22(27)19(33-24)12-18-13(2)9-10-32-18/h7-12,21H,6H2,1-5H3/b19-12-/t21-/m1/s1. The Bertz CT molecular complexity index is 1430. The number of fused-ring (bicyclic) bond motifs is 1. The number of methoxy groups -OCH3 is 2. The van der Waals surface area contributed by atoms with Crippen molar-refractivity contribution < 1.29 is 19.0 Å². The molecule has 9 heteroatoms. The highest BCUT2D eigenvalue weighted by Gasteiger charge is 2.35. The van der Waals surface area contributed by atoms with Crippen molar-refractivity contribution in [3.8, 4) is 11.5 Å². The van der Waals surface area contributed by atoms with Gasteiger partial charge in [0.25, 0.3) is 5.56 Å². The summed E-state index contributed by atoms with van der Waals surface area (Å²) >= 11 is 2.88. The van der Waals surface area contributed by atoms with Gasteiger partial charge in [0, 0.05) is 16.5 Å². The molecule has 7 nitrogen and oxygen atoms in total. The first-order valence-corrected chi connectivity index (χ1v) is 12.0. The van der Waals surface area contributed by atoms with Crippen LogP contribution >= 0.6 is 22.7 Å². The number of allylic oxidation sites excluding steroid dienone is 1. The summed E-state index contributed by atoms with van der Waals surface area (Å²) in [5, 5.41) is 1.99. The van der Waals surface area contributed by atoms with Crippen LogP contribution in [0.15, 0.2) is 50.7 Å². The van der Waals surface area contributed by atoms with Crippen LogP contribution in [0.1, 0.15) is 35.9 Å². The molecule has 4 rings (SSSR count). The summed E-state index contributed by atoms with van der Waals surface area (Å²) in [7, 11) is 3.11. The number of thiazole rings is 1. The monoisotopic (exact) mass is 484 g/mol. The second-order valence-corrected chi connectivity index (χ2v) is 9.33. The summed E-state index contributed by atoms with van der Waals surface area (Å²) in [6, 6.07) is 6.59. The lowest BCUT2D eigenvalue weighted by Gasteiger charge is -2.26. The molecule has 1 atom stereocenters. The summed E-state index contributed by atoms with van der Waals surface area (Å²) in [6.07, 6.45) is 1.88. The molecule has 0 N–H and O–H groups in total. The van der Waals surface area contributed by atoms with E-state index in [0.717, 1.165) is 10.4 Å². The van der Waals surface area contributed by atoms with Crippen molar-refractivity contribution in [2.24, 2.45) is 4.99 Å². The summed E-state index contributed by atoms with van der Waals surface area (Å²) < 4.78 is 18.4. The summed E-state index contributed by atoms with van der Waals surface area (Å²) in [4.78, 5) is 32.8. The Morgan fingerprint density at radius 1 is 1.21 bits per heavy atom. The molecular weight excluding hydrogens is 460 g/mol. The van der Waals surface area contributed by atoms with E-state index in [1.54, 1.807) is 62.2 Å². The average Bonchev–Trinajstić information content (AvgIpc) is 3.35. The van der Waals surface area contributed by atoms with Gasteiger partial charge in [-0.15, -0.1) is 11.3 Å². The fourth-order valence-electron chi connectivity index (χ4n) is 3.78. The molecular formula is C24H24N2O5S2. The van der Waals surface area contributed by atoms with E-state index in [4.69, 9.17) is 14.2 Å². The van der Waals surface area contributed by atoms with Crippen LogP contribution in [0.3, 0.4) is 0 Å². The predicted octanol–water partition coefficient (Wildman–Crippen LogP) is 3.19. The zero-order chi connectivity index (χ0) is 23.7. The maximum absolute atomic E-state index is 13.6. The van der Waals surface area contributed by atoms with Gasteiger partial charge in [0.1, 0.15) is 17.5 Å². The average molecular weight is 485 g/mol. The molecule has 0 fully saturated rings. The van der Waals surface area contributed by atoms with Gasteiger partial charge in [0.15, 0.2) is 4.80 Å². The molecule has 0 spiro atoms. The lowest BCUT2D eigenvalue weighted by Crippen LogP contribution is -2.40. The number of nitrogens with zero attached hydrogens (tertiary/aromatic N) is 2. The number of benzene rings is 1. The van der Waals surface area contributed by atoms with Gasteiger partial charge >= 0.3 is 5.97 Å². The Morgan fingerprint density at radius 2 is 2.00 bits per heavy atom. The third kappa shape index (κ3) is 4.14. The van der Waals surface area contributed by atoms with Crippen LogP contribution in [0.25, 0.3) is 6.08 Å². The molecule has 0 saturated heterocycles. The van der Waals surface area contributed by atoms with Crippen molar-refractivity contribution in [3.63, 3.8) is 0 Å². The highest BCUT2D eigenvalue weighted by atomic mass is 32.1. The highest BCUT2D eigenvalue weighted by Crippen LogP contribution is 2.37. The number of rotatable bonds is 6. The van der Waals surface area contributed by atoms with Gasteiger partial charge in [-0.2, -0.15) is 0 Å². The van der Waals surface area contributed by atoms with E-state index >= 15 is 0 Å². The maximum Gasteiger partial charge on any atom is 0.338 e. The molecule has 0 aliphatic carbocycles. The number of carbonyl (C=O) groups is 1. The summed E-state index contributed by atoms with van der Waals surface area (Å²) in [6.45, 7) is 5.72. The van der Waals surface area contributed by atoms with E-state index in [1.165, 1.54) is 11.3 Å². The molecule has 172 valence electrons. The Kier molecular flexibility index (Phi) is 6.53. The lowest BCUT2D eigenvalue weighted by atomic mass is 9.95. The summed E-state index contributed by atoms with van der Waals surface area (Å²) in [5.41, 5.74) is 2.35. The molecule has 0 saturated carbocycles. The van der Waals surface area contributed by atoms with Gasteiger partial charge < -0.3 is 14.2 Å². The largest absolute Gasteiger partial charge is 0.497 e. The Hall–Kier alpha value is -3.17. The van der Waals surface area contributed by atoms with Crippen LogP contribution in [0.2, 0.25) is 0 Å². The topological polar surface area (TPSA) is 79.1 Å². The van der Waals surface area contributed by atoms with E-state index in [0.29, 0.717) is 37.7 Å². The number of aromatic nitrogens is 1. The van der Waals surface area contributed by atoms with E-state index in [1.807, 2.05) is 24.4 Å². The van der Waals surface area contributed by atoms with E-state index < -0.39 is 12.0 Å². The van der Waals surface area contributed by atoms with Crippen molar-refractivity contribution in [2.45, 2.75) is 26.8 Å². The van der Waals surface area contributed by atoms with Crippen LogP contribution in [0.5, 0.6) is 11.5 Å². The Balaban J connectivity index is 2.01. The fraction of sp³-hybridized carbons (Fsp3) is 0.292. The van der Waals surface area contributed by atoms with Crippen LogP contribution in [0.4, 0.5) is 0 Å². The van der Waals surface area contributed by atoms with Crippen molar-refractivity contribution in [3.05, 3.63) is 76.6 Å². The molecule has 0 unspecified atom stereocenters. The quantitative estimate of drug-likeness (QED) is 0.502. The minimum atomic E-state index is -0.743. The zero-order valence-electron chi connectivity index (χ0n) is 19.0. The number of thiophene rings is 1. The van der Waals surface area contributed by atoms with E-state index in [2.05, 4.69) is 4.99 Å². The minimum absolute atomic E-state index is 0.212. The van der Waals surface area contributed by atoms with Gasteiger partial charge in [0.05, 0.1) is 36.6 Å². The minimum Gasteiger partial charge on any atom is -0.497 e. The van der Waals surface area contributed by atoms with Crippen LogP contribution < -0.4 is 24.4 Å². The van der Waals surface area contributed by atoms with Crippen molar-refractivity contribution in [2.75, 3.05) is 20.8 Å². The zero-order valence-corrected chi connectivity index (χ0v) is 20.6. The number of hydrogen-bond acceptors (Lipinski definition) is 8. The van der Waals surface area contributed by atoms with E-state index in [-0.39, 0.29) is 12.2 Å².